The molecule has 0 radical (unpaired) electrons. The molecule has 0 unspecified atom stereocenters. The van der Waals surface area contributed by atoms with Gasteiger partial charge in [-0.25, -0.2) is 0 Å². The summed E-state index contributed by atoms with van der Waals surface area (Å²) >= 11 is 0. The van der Waals surface area contributed by atoms with E-state index in [1.807, 2.05) is 0 Å². The van der Waals surface area contributed by atoms with Gasteiger partial charge < -0.3 is 10.2 Å². The molecule has 2 aliphatic carbocycles. The Bertz CT molecular complexity index is 680. The smallest absolute Gasteiger partial charge is 0.157 e. The summed E-state index contributed by atoms with van der Waals surface area (Å²) in [7, 11) is 0. The van der Waals surface area contributed by atoms with Crippen LogP contribution in [0.15, 0.2) is 18.2 Å². The number of aromatic hydroxyl groups is 2. The molecule has 25 heavy (non-hydrogen) atoms. The molecule has 0 bridgehead atoms. The van der Waals surface area contributed by atoms with Crippen molar-refractivity contribution in [3.05, 3.63) is 23.8 Å². The predicted molar refractivity (Wildman–Crippen MR) is 87.2 cm³/mol. The molecule has 2 N–H and O–H groups in total. The van der Waals surface area contributed by atoms with E-state index in [1.165, 1.54) is 18.2 Å². The number of benzene rings is 1. The molecule has 0 aliphatic heterocycles. The van der Waals surface area contributed by atoms with Crippen LogP contribution in [-0.4, -0.2) is 33.3 Å². The Hall–Kier alpha value is -2.50. The summed E-state index contributed by atoms with van der Waals surface area (Å²) in [4.78, 5) is 49.9. The van der Waals surface area contributed by atoms with Gasteiger partial charge in [-0.15, -0.1) is 0 Å². The topological polar surface area (TPSA) is 109 Å². The van der Waals surface area contributed by atoms with Crippen molar-refractivity contribution in [2.24, 2.45) is 11.8 Å². The summed E-state index contributed by atoms with van der Waals surface area (Å²) < 4.78 is 0. The van der Waals surface area contributed by atoms with E-state index in [1.54, 1.807) is 0 Å². The highest BCUT2D eigenvalue weighted by Crippen LogP contribution is 2.42. The van der Waals surface area contributed by atoms with E-state index in [4.69, 9.17) is 0 Å². The van der Waals surface area contributed by atoms with Gasteiger partial charge in [0.1, 0.15) is 23.1 Å². The van der Waals surface area contributed by atoms with Crippen LogP contribution in [0.25, 0.3) is 0 Å². The van der Waals surface area contributed by atoms with E-state index in [0.29, 0.717) is 18.4 Å². The van der Waals surface area contributed by atoms with Crippen molar-refractivity contribution in [3.63, 3.8) is 0 Å². The van der Waals surface area contributed by atoms with E-state index in [9.17, 15) is 29.4 Å². The van der Waals surface area contributed by atoms with Gasteiger partial charge in [0.05, 0.1) is 11.8 Å². The third kappa shape index (κ3) is 3.21. The Labute approximate surface area is 144 Å². The lowest BCUT2D eigenvalue weighted by Gasteiger charge is -2.34. The molecule has 0 saturated heterocycles. The van der Waals surface area contributed by atoms with Gasteiger partial charge in [0.25, 0.3) is 0 Å². The Morgan fingerprint density at radius 1 is 0.720 bits per heavy atom. The van der Waals surface area contributed by atoms with E-state index in [0.717, 1.165) is 0 Å². The van der Waals surface area contributed by atoms with Gasteiger partial charge >= 0.3 is 0 Å². The fourth-order valence-corrected chi connectivity index (χ4v) is 3.98. The lowest BCUT2D eigenvalue weighted by molar-refractivity contribution is -0.141. The monoisotopic (exact) mass is 344 g/mol. The number of Topliss-reactive ketones (excluding diaryl/α,β-unsaturated/α-hetero) is 4. The Balaban J connectivity index is 2.11. The molecular formula is C19H20O6. The molecule has 1 aromatic carbocycles. The first-order valence-corrected chi connectivity index (χ1v) is 8.53. The standard InChI is InChI=1S/C19H20O6/c20-11-8-7-10(9-16(11)25)17(18-12(21)3-1-4-13(18)22)19-14(23)5-2-6-15(19)24/h7-9,17-20,25H,1-6H2. The number of hydrogen-bond donors (Lipinski definition) is 2. The van der Waals surface area contributed by atoms with Crippen LogP contribution in [0.5, 0.6) is 11.5 Å². The fraction of sp³-hybridized carbons (Fsp3) is 0.474. The van der Waals surface area contributed by atoms with Crippen LogP contribution >= 0.6 is 0 Å². The van der Waals surface area contributed by atoms with E-state index in [2.05, 4.69) is 0 Å². The van der Waals surface area contributed by atoms with Crippen LogP contribution in [0.3, 0.4) is 0 Å². The molecule has 2 saturated carbocycles. The molecule has 132 valence electrons. The molecule has 0 amide bonds. The summed E-state index contributed by atoms with van der Waals surface area (Å²) in [6.45, 7) is 0. The van der Waals surface area contributed by atoms with Crippen molar-refractivity contribution < 1.29 is 29.4 Å². The number of carbonyl (C=O) groups excluding carboxylic acids is 4. The van der Waals surface area contributed by atoms with Crippen molar-refractivity contribution in [2.75, 3.05) is 0 Å². The number of phenols is 2. The fourth-order valence-electron chi connectivity index (χ4n) is 3.98. The maximum absolute atomic E-state index is 12.5. The molecule has 0 aromatic heterocycles. The van der Waals surface area contributed by atoms with Gasteiger partial charge in [0, 0.05) is 31.6 Å². The normalized spacial score (nSPS) is 20.5. The van der Waals surface area contributed by atoms with Gasteiger partial charge in [-0.3, -0.25) is 19.2 Å². The van der Waals surface area contributed by atoms with E-state index in [-0.39, 0.29) is 54.6 Å². The first kappa shape index (κ1) is 17.3. The molecule has 1 aromatic rings. The maximum atomic E-state index is 12.5. The summed E-state index contributed by atoms with van der Waals surface area (Å²) in [5.74, 6) is -4.81. The molecule has 6 heteroatoms. The second-order valence-electron chi connectivity index (χ2n) is 6.80. The zero-order valence-electron chi connectivity index (χ0n) is 13.7. The second-order valence-corrected chi connectivity index (χ2v) is 6.80. The van der Waals surface area contributed by atoms with Crippen molar-refractivity contribution >= 4 is 23.1 Å². The summed E-state index contributed by atoms with van der Waals surface area (Å²) in [5, 5.41) is 19.4. The summed E-state index contributed by atoms with van der Waals surface area (Å²) in [6, 6.07) is 3.95. The lowest BCUT2D eigenvalue weighted by Crippen LogP contribution is -2.43. The SMILES string of the molecule is O=C1CCCC(=O)C1C(c1ccc(O)c(O)c1)C1C(=O)CCCC1=O. The third-order valence-electron chi connectivity index (χ3n) is 5.18. The van der Waals surface area contributed by atoms with Crippen LogP contribution in [0.4, 0.5) is 0 Å². The molecular weight excluding hydrogens is 324 g/mol. The van der Waals surface area contributed by atoms with Gasteiger partial charge in [0.2, 0.25) is 0 Å². The van der Waals surface area contributed by atoms with Gasteiger partial charge in [-0.05, 0) is 30.5 Å². The highest BCUT2D eigenvalue weighted by molar-refractivity contribution is 6.10. The van der Waals surface area contributed by atoms with Crippen molar-refractivity contribution in [1.29, 1.82) is 0 Å². The molecule has 0 atom stereocenters. The zero-order valence-corrected chi connectivity index (χ0v) is 13.7. The number of ketones is 4. The number of hydrogen-bond acceptors (Lipinski definition) is 6. The van der Waals surface area contributed by atoms with Crippen LogP contribution < -0.4 is 0 Å². The van der Waals surface area contributed by atoms with Gasteiger partial charge in [-0.2, -0.15) is 0 Å². The Kier molecular flexibility index (Phi) is 4.70. The van der Waals surface area contributed by atoms with Crippen LogP contribution in [-0.2, 0) is 19.2 Å². The average Bonchev–Trinajstić information content (AvgIpc) is 2.55. The third-order valence-corrected chi connectivity index (χ3v) is 5.18. The van der Waals surface area contributed by atoms with Gasteiger partial charge in [-0.1, -0.05) is 6.07 Å². The summed E-state index contributed by atoms with van der Waals surface area (Å²) in [5.41, 5.74) is 0.359. The highest BCUT2D eigenvalue weighted by atomic mass is 16.3. The van der Waals surface area contributed by atoms with E-state index >= 15 is 0 Å². The number of rotatable bonds is 3. The molecule has 6 nitrogen and oxygen atoms in total. The first-order valence-electron chi connectivity index (χ1n) is 8.53. The van der Waals surface area contributed by atoms with E-state index < -0.39 is 23.5 Å². The number of carbonyl (C=O) groups is 4. The lowest BCUT2D eigenvalue weighted by atomic mass is 9.65. The van der Waals surface area contributed by atoms with Crippen molar-refractivity contribution in [2.45, 2.75) is 44.4 Å². The van der Waals surface area contributed by atoms with Crippen LogP contribution in [0.2, 0.25) is 0 Å². The quantitative estimate of drug-likeness (QED) is 0.642. The minimum atomic E-state index is -1.05. The molecule has 3 rings (SSSR count). The second kappa shape index (κ2) is 6.78. The molecule has 2 aliphatic rings. The minimum absolute atomic E-state index is 0.242. The summed E-state index contributed by atoms with van der Waals surface area (Å²) in [6.07, 6.45) is 1.93. The van der Waals surface area contributed by atoms with Crippen molar-refractivity contribution in [3.8, 4) is 11.5 Å². The minimum Gasteiger partial charge on any atom is -0.504 e. The van der Waals surface area contributed by atoms with Crippen molar-refractivity contribution in [1.82, 2.24) is 0 Å². The molecule has 2 fully saturated rings. The largest absolute Gasteiger partial charge is 0.504 e. The van der Waals surface area contributed by atoms with Crippen LogP contribution in [0.1, 0.15) is 50.0 Å². The predicted octanol–water partition coefficient (Wildman–Crippen LogP) is 2.06. The average molecular weight is 344 g/mol. The molecule has 0 spiro atoms. The Morgan fingerprint density at radius 3 is 1.56 bits per heavy atom. The number of phenolic OH excluding ortho intramolecular Hbond substituents is 2. The Morgan fingerprint density at radius 2 is 1.16 bits per heavy atom. The maximum Gasteiger partial charge on any atom is 0.157 e. The highest BCUT2D eigenvalue weighted by Gasteiger charge is 2.47. The zero-order chi connectivity index (χ0) is 18.1. The molecule has 0 heterocycles. The van der Waals surface area contributed by atoms with Gasteiger partial charge in [0.15, 0.2) is 11.5 Å². The van der Waals surface area contributed by atoms with Crippen LogP contribution in [0, 0.1) is 11.8 Å². The first-order chi connectivity index (χ1) is 11.9.